The van der Waals surface area contributed by atoms with Crippen LogP contribution >= 0.6 is 11.6 Å². The highest BCUT2D eigenvalue weighted by atomic mass is 35.5. The van der Waals surface area contributed by atoms with Crippen LogP contribution in [0.1, 0.15) is 10.5 Å². The number of rotatable bonds is 1. The fraction of sp³-hybridized carbons (Fsp3) is 0.200. The number of amides is 1. The number of hydrogen-bond donors (Lipinski definition) is 2. The zero-order valence-electron chi connectivity index (χ0n) is 5.84. The van der Waals surface area contributed by atoms with Crippen LogP contribution < -0.4 is 11.3 Å². The number of nitrogens with zero attached hydrogens (tertiary/aromatic N) is 2. The molecule has 1 rings (SSSR count). The number of nitrogen functional groups attached to an aromatic ring is 1. The molecule has 0 fully saturated rings. The van der Waals surface area contributed by atoms with Gasteiger partial charge >= 0.3 is 0 Å². The third-order valence-electron chi connectivity index (χ3n) is 1.24. The van der Waals surface area contributed by atoms with Gasteiger partial charge in [-0.05, 0) is 0 Å². The van der Waals surface area contributed by atoms with Crippen molar-refractivity contribution >= 4 is 17.5 Å². The molecular weight excluding hydrogens is 168 g/mol. The summed E-state index contributed by atoms with van der Waals surface area (Å²) in [4.78, 5) is 10.9. The van der Waals surface area contributed by atoms with Crippen molar-refractivity contribution in [3.63, 3.8) is 0 Å². The highest BCUT2D eigenvalue weighted by Gasteiger charge is 2.13. The maximum absolute atomic E-state index is 10.9. The van der Waals surface area contributed by atoms with E-state index in [0.717, 1.165) is 0 Å². The summed E-state index contributed by atoms with van der Waals surface area (Å²) in [5, 5.41) is 4.04. The third-order valence-corrected chi connectivity index (χ3v) is 1.52. The molecule has 60 valence electrons. The lowest BCUT2D eigenvalue weighted by atomic mass is 10.4. The van der Waals surface area contributed by atoms with Crippen LogP contribution in [0.25, 0.3) is 0 Å². The van der Waals surface area contributed by atoms with Gasteiger partial charge in [0.25, 0.3) is 5.91 Å². The topological polar surface area (TPSA) is 72.9 Å². The maximum atomic E-state index is 10.9. The Morgan fingerprint density at radius 1 is 1.91 bits per heavy atom. The van der Waals surface area contributed by atoms with Crippen molar-refractivity contribution in [1.82, 2.24) is 15.2 Å². The molecule has 0 spiro atoms. The van der Waals surface area contributed by atoms with Gasteiger partial charge in [-0.1, -0.05) is 11.6 Å². The SMILES string of the molecule is Cn1ncc(Cl)c1C(=O)NN. The van der Waals surface area contributed by atoms with Gasteiger partial charge in [0.05, 0.1) is 11.2 Å². The summed E-state index contributed by atoms with van der Waals surface area (Å²) >= 11 is 5.62. The Balaban J connectivity index is 3.10. The van der Waals surface area contributed by atoms with Crippen molar-refractivity contribution in [2.75, 3.05) is 0 Å². The molecule has 0 aliphatic rings. The van der Waals surface area contributed by atoms with Crippen LogP contribution in [0.3, 0.4) is 0 Å². The van der Waals surface area contributed by atoms with Gasteiger partial charge in [-0.25, -0.2) is 5.84 Å². The molecule has 1 aromatic heterocycles. The molecule has 0 aliphatic heterocycles. The van der Waals surface area contributed by atoms with Gasteiger partial charge in [0.2, 0.25) is 0 Å². The molecule has 1 aromatic rings. The van der Waals surface area contributed by atoms with Gasteiger partial charge in [-0.3, -0.25) is 14.9 Å². The van der Waals surface area contributed by atoms with Gasteiger partial charge in [0.1, 0.15) is 5.69 Å². The molecule has 0 unspecified atom stereocenters. The molecule has 0 radical (unpaired) electrons. The first-order valence-corrected chi connectivity index (χ1v) is 3.23. The Morgan fingerprint density at radius 2 is 2.55 bits per heavy atom. The van der Waals surface area contributed by atoms with Crippen molar-refractivity contribution in [3.05, 3.63) is 16.9 Å². The minimum absolute atomic E-state index is 0.258. The number of carbonyl (C=O) groups is 1. The van der Waals surface area contributed by atoms with Crippen LogP contribution in [0.5, 0.6) is 0 Å². The number of nitrogens with two attached hydrogens (primary N) is 1. The number of aryl methyl sites for hydroxylation is 1. The van der Waals surface area contributed by atoms with Crippen LogP contribution in [-0.2, 0) is 7.05 Å². The van der Waals surface area contributed by atoms with Crippen LogP contribution in [0.2, 0.25) is 5.02 Å². The van der Waals surface area contributed by atoms with E-state index in [4.69, 9.17) is 17.4 Å². The van der Waals surface area contributed by atoms with E-state index >= 15 is 0 Å². The van der Waals surface area contributed by atoms with E-state index < -0.39 is 5.91 Å². The molecule has 11 heavy (non-hydrogen) atoms. The summed E-state index contributed by atoms with van der Waals surface area (Å²) in [6, 6.07) is 0. The summed E-state index contributed by atoms with van der Waals surface area (Å²) in [6.45, 7) is 0. The largest absolute Gasteiger partial charge is 0.289 e. The van der Waals surface area contributed by atoms with Crippen molar-refractivity contribution in [2.24, 2.45) is 12.9 Å². The summed E-state index contributed by atoms with van der Waals surface area (Å²) < 4.78 is 1.35. The second-order valence-electron chi connectivity index (χ2n) is 1.94. The van der Waals surface area contributed by atoms with Gasteiger partial charge in [0, 0.05) is 7.05 Å². The molecule has 0 atom stereocenters. The van der Waals surface area contributed by atoms with E-state index in [2.05, 4.69) is 5.10 Å². The lowest BCUT2D eigenvalue weighted by Gasteiger charge is -1.98. The van der Waals surface area contributed by atoms with Crippen LogP contribution in [0.15, 0.2) is 6.20 Å². The highest BCUT2D eigenvalue weighted by molar-refractivity contribution is 6.33. The van der Waals surface area contributed by atoms with E-state index in [0.29, 0.717) is 0 Å². The predicted octanol–water partition coefficient (Wildman–Crippen LogP) is -0.323. The number of aromatic nitrogens is 2. The lowest BCUT2D eigenvalue weighted by Crippen LogP contribution is -2.31. The number of halogens is 1. The quantitative estimate of drug-likeness (QED) is 0.348. The molecule has 6 heteroatoms. The normalized spacial score (nSPS) is 9.73. The van der Waals surface area contributed by atoms with Gasteiger partial charge in [-0.2, -0.15) is 5.10 Å². The van der Waals surface area contributed by atoms with Crippen molar-refractivity contribution < 1.29 is 4.79 Å². The summed E-state index contributed by atoms with van der Waals surface area (Å²) in [7, 11) is 1.61. The lowest BCUT2D eigenvalue weighted by molar-refractivity contribution is 0.0944. The van der Waals surface area contributed by atoms with E-state index in [9.17, 15) is 4.79 Å². The Bertz CT molecular complexity index is 263. The Morgan fingerprint density at radius 3 is 2.91 bits per heavy atom. The van der Waals surface area contributed by atoms with Crippen LogP contribution in [-0.4, -0.2) is 15.7 Å². The van der Waals surface area contributed by atoms with E-state index in [-0.39, 0.29) is 10.7 Å². The highest BCUT2D eigenvalue weighted by Crippen LogP contribution is 2.12. The summed E-state index contributed by atoms with van der Waals surface area (Å²) in [5.41, 5.74) is 2.22. The van der Waals surface area contributed by atoms with Gasteiger partial charge < -0.3 is 0 Å². The first-order valence-electron chi connectivity index (χ1n) is 2.85. The second kappa shape index (κ2) is 2.89. The Kier molecular flexibility index (Phi) is 2.11. The zero-order valence-corrected chi connectivity index (χ0v) is 6.59. The third kappa shape index (κ3) is 1.33. The fourth-order valence-electron chi connectivity index (χ4n) is 0.735. The van der Waals surface area contributed by atoms with Gasteiger partial charge in [-0.15, -0.1) is 0 Å². The number of carbonyl (C=O) groups excluding carboxylic acids is 1. The average molecular weight is 175 g/mol. The minimum Gasteiger partial charge on any atom is -0.289 e. The van der Waals surface area contributed by atoms with Crippen molar-refractivity contribution in [1.29, 1.82) is 0 Å². The van der Waals surface area contributed by atoms with Crippen LogP contribution in [0, 0.1) is 0 Å². The first-order chi connectivity index (χ1) is 5.16. The minimum atomic E-state index is -0.449. The number of nitrogens with one attached hydrogen (secondary N) is 1. The smallest absolute Gasteiger partial charge is 0.284 e. The molecule has 0 saturated carbocycles. The molecule has 1 heterocycles. The second-order valence-corrected chi connectivity index (χ2v) is 2.35. The van der Waals surface area contributed by atoms with Crippen molar-refractivity contribution in [2.45, 2.75) is 0 Å². The van der Waals surface area contributed by atoms with Gasteiger partial charge in [0.15, 0.2) is 0 Å². The van der Waals surface area contributed by atoms with Crippen molar-refractivity contribution in [3.8, 4) is 0 Å². The molecule has 3 N–H and O–H groups in total. The summed E-state index contributed by atoms with van der Waals surface area (Å²) in [5.74, 6) is 4.45. The number of hydrogen-bond acceptors (Lipinski definition) is 3. The standard InChI is InChI=1S/C5H7ClN4O/c1-10-4(5(11)9-7)3(6)2-8-10/h2H,7H2,1H3,(H,9,11). The van der Waals surface area contributed by atoms with E-state index in [1.165, 1.54) is 10.9 Å². The fourth-order valence-corrected chi connectivity index (χ4v) is 0.986. The van der Waals surface area contributed by atoms with E-state index in [1.807, 2.05) is 5.43 Å². The Labute approximate surface area is 68.1 Å². The molecule has 0 aliphatic carbocycles. The first kappa shape index (κ1) is 8.03. The molecule has 0 bridgehead atoms. The molecular formula is C5H7ClN4O. The zero-order chi connectivity index (χ0) is 8.43. The maximum Gasteiger partial charge on any atom is 0.284 e. The molecule has 0 aromatic carbocycles. The monoisotopic (exact) mass is 174 g/mol. The Hall–Kier alpha value is -1.07. The molecule has 5 nitrogen and oxygen atoms in total. The van der Waals surface area contributed by atoms with Crippen LogP contribution in [0.4, 0.5) is 0 Å². The predicted molar refractivity (Wildman–Crippen MR) is 39.9 cm³/mol. The van der Waals surface area contributed by atoms with E-state index in [1.54, 1.807) is 7.05 Å². The average Bonchev–Trinajstić information content (AvgIpc) is 2.30. The number of hydrazine groups is 1. The summed E-state index contributed by atoms with van der Waals surface area (Å²) in [6.07, 6.45) is 1.38. The molecule has 1 amide bonds. The molecule has 0 saturated heterocycles.